The summed E-state index contributed by atoms with van der Waals surface area (Å²) >= 11 is 2.74. The van der Waals surface area contributed by atoms with E-state index in [0.29, 0.717) is 12.2 Å². The summed E-state index contributed by atoms with van der Waals surface area (Å²) in [6.07, 6.45) is 0.381. The van der Waals surface area contributed by atoms with E-state index >= 15 is 0 Å². The SMILES string of the molecule is CCC(C)(C)C(=O)SCCOC(=O)COC1C2CC3C(S2)C1OS3(=O)=O. The Balaban J connectivity index is 1.36. The fourth-order valence-corrected chi connectivity index (χ4v) is 8.31. The molecule has 0 spiro atoms. The molecule has 0 aromatic rings. The molecule has 3 saturated heterocycles. The third-order valence-corrected chi connectivity index (χ3v) is 10.00. The highest BCUT2D eigenvalue weighted by atomic mass is 32.2. The zero-order chi connectivity index (χ0) is 19.1. The molecular formula is C16H24O7S3. The fourth-order valence-electron chi connectivity index (χ4n) is 3.26. The van der Waals surface area contributed by atoms with E-state index in [9.17, 15) is 18.0 Å². The van der Waals surface area contributed by atoms with Crippen molar-refractivity contribution in [2.24, 2.45) is 5.41 Å². The maximum atomic E-state index is 12.0. The van der Waals surface area contributed by atoms with Gasteiger partial charge in [-0.25, -0.2) is 4.79 Å². The van der Waals surface area contributed by atoms with E-state index in [1.54, 1.807) is 11.8 Å². The molecule has 5 atom stereocenters. The topological polar surface area (TPSA) is 96.0 Å². The third-order valence-electron chi connectivity index (χ3n) is 5.20. The molecule has 3 fully saturated rings. The predicted molar refractivity (Wildman–Crippen MR) is 99.6 cm³/mol. The number of rotatable bonds is 8. The first kappa shape index (κ1) is 20.4. The van der Waals surface area contributed by atoms with Gasteiger partial charge in [0.15, 0.2) is 5.12 Å². The number of carbonyl (C=O) groups is 2. The molecule has 10 heteroatoms. The number of thioether (sulfide) groups is 2. The normalized spacial score (nSPS) is 34.2. The number of ether oxygens (including phenoxy) is 2. The Hall–Kier alpha value is -0.290. The maximum absolute atomic E-state index is 12.0. The second-order valence-corrected chi connectivity index (χ2v) is 11.6. The molecule has 0 aromatic carbocycles. The summed E-state index contributed by atoms with van der Waals surface area (Å²) in [6.45, 7) is 5.65. The van der Waals surface area contributed by atoms with Gasteiger partial charge in [0.25, 0.3) is 10.1 Å². The lowest BCUT2D eigenvalue weighted by atomic mass is 9.92. The van der Waals surface area contributed by atoms with Crippen molar-refractivity contribution >= 4 is 44.7 Å². The third kappa shape index (κ3) is 3.94. The lowest BCUT2D eigenvalue weighted by Gasteiger charge is -2.23. The Kier molecular flexibility index (Phi) is 5.99. The Morgan fingerprint density at radius 2 is 2.08 bits per heavy atom. The van der Waals surface area contributed by atoms with E-state index in [4.69, 9.17) is 13.7 Å². The minimum Gasteiger partial charge on any atom is -0.463 e. The van der Waals surface area contributed by atoms with Gasteiger partial charge in [-0.15, -0.1) is 11.8 Å². The van der Waals surface area contributed by atoms with E-state index in [-0.39, 0.29) is 34.2 Å². The van der Waals surface area contributed by atoms with Gasteiger partial charge in [0, 0.05) is 16.4 Å². The molecule has 7 nitrogen and oxygen atoms in total. The molecule has 3 rings (SSSR count). The van der Waals surface area contributed by atoms with Crippen molar-refractivity contribution in [1.29, 1.82) is 0 Å². The van der Waals surface area contributed by atoms with Gasteiger partial charge in [-0.05, 0) is 12.8 Å². The van der Waals surface area contributed by atoms with Crippen molar-refractivity contribution in [3.05, 3.63) is 0 Å². The molecule has 3 aliphatic heterocycles. The first-order valence-electron chi connectivity index (χ1n) is 8.68. The lowest BCUT2D eigenvalue weighted by molar-refractivity contribution is -0.152. The van der Waals surface area contributed by atoms with E-state index in [0.717, 1.165) is 6.42 Å². The van der Waals surface area contributed by atoms with E-state index in [1.165, 1.54) is 11.8 Å². The summed E-state index contributed by atoms with van der Waals surface area (Å²) in [5.41, 5.74) is -0.378. The first-order chi connectivity index (χ1) is 12.2. The zero-order valence-electron chi connectivity index (χ0n) is 15.0. The zero-order valence-corrected chi connectivity index (χ0v) is 17.5. The van der Waals surface area contributed by atoms with Gasteiger partial charge in [-0.1, -0.05) is 32.5 Å². The summed E-state index contributed by atoms with van der Waals surface area (Å²) in [4.78, 5) is 23.8. The highest BCUT2D eigenvalue weighted by Crippen LogP contribution is 2.55. The molecule has 2 bridgehead atoms. The number of hydrogen-bond donors (Lipinski definition) is 0. The van der Waals surface area contributed by atoms with Crippen molar-refractivity contribution in [2.45, 2.75) is 61.6 Å². The number of hydrogen-bond acceptors (Lipinski definition) is 9. The summed E-state index contributed by atoms with van der Waals surface area (Å²) in [7, 11) is -3.49. The molecule has 0 aliphatic carbocycles. The lowest BCUT2D eigenvalue weighted by Crippen LogP contribution is -2.41. The van der Waals surface area contributed by atoms with Crippen molar-refractivity contribution < 1.29 is 31.7 Å². The van der Waals surface area contributed by atoms with Gasteiger partial charge >= 0.3 is 5.97 Å². The van der Waals surface area contributed by atoms with Crippen LogP contribution >= 0.6 is 23.5 Å². The van der Waals surface area contributed by atoms with Crippen molar-refractivity contribution in [3.8, 4) is 0 Å². The van der Waals surface area contributed by atoms with Gasteiger partial charge in [0.05, 0.1) is 11.4 Å². The summed E-state index contributed by atoms with van der Waals surface area (Å²) in [6, 6.07) is 0. The number of fused-ring (bicyclic) bond motifs is 1. The van der Waals surface area contributed by atoms with Crippen LogP contribution in [0.1, 0.15) is 33.6 Å². The monoisotopic (exact) mass is 424 g/mol. The van der Waals surface area contributed by atoms with Crippen LogP contribution in [0.5, 0.6) is 0 Å². The van der Waals surface area contributed by atoms with Gasteiger partial charge in [-0.3, -0.25) is 8.98 Å². The van der Waals surface area contributed by atoms with E-state index < -0.39 is 33.5 Å². The Bertz CT molecular complexity index is 675. The van der Waals surface area contributed by atoms with Crippen molar-refractivity contribution in [3.63, 3.8) is 0 Å². The van der Waals surface area contributed by atoms with Crippen LogP contribution in [0, 0.1) is 5.41 Å². The average molecular weight is 425 g/mol. The molecule has 3 heterocycles. The van der Waals surface area contributed by atoms with Gasteiger partial charge < -0.3 is 9.47 Å². The second-order valence-electron chi connectivity index (χ2n) is 7.34. The number of esters is 1. The molecular weight excluding hydrogens is 400 g/mol. The Morgan fingerprint density at radius 3 is 2.77 bits per heavy atom. The average Bonchev–Trinajstić information content (AvgIpc) is 3.19. The predicted octanol–water partition coefficient (Wildman–Crippen LogP) is 1.60. The minimum absolute atomic E-state index is 0.0459. The second kappa shape index (κ2) is 7.62. The van der Waals surface area contributed by atoms with Crippen LogP contribution in [-0.2, 0) is 33.4 Å². The van der Waals surface area contributed by atoms with Gasteiger partial charge in [0.2, 0.25) is 0 Å². The molecule has 5 unspecified atom stereocenters. The number of carbonyl (C=O) groups excluding carboxylic acids is 2. The smallest absolute Gasteiger partial charge is 0.332 e. The summed E-state index contributed by atoms with van der Waals surface area (Å²) < 4.78 is 39.6. The highest BCUT2D eigenvalue weighted by molar-refractivity contribution is 8.13. The molecule has 0 N–H and O–H groups in total. The molecule has 26 heavy (non-hydrogen) atoms. The maximum Gasteiger partial charge on any atom is 0.332 e. The van der Waals surface area contributed by atoms with Crippen LogP contribution in [0.2, 0.25) is 0 Å². The van der Waals surface area contributed by atoms with Crippen molar-refractivity contribution in [2.75, 3.05) is 19.0 Å². The quantitative estimate of drug-likeness (QED) is 0.327. The van der Waals surface area contributed by atoms with Crippen LogP contribution in [0.3, 0.4) is 0 Å². The minimum atomic E-state index is -3.49. The van der Waals surface area contributed by atoms with Gasteiger partial charge in [0.1, 0.15) is 24.6 Å². The first-order valence-corrected chi connectivity index (χ1v) is 12.1. The fraction of sp³-hybridized carbons (Fsp3) is 0.875. The van der Waals surface area contributed by atoms with Gasteiger partial charge in [-0.2, -0.15) is 8.42 Å². The molecule has 0 aromatic heterocycles. The summed E-state index contributed by atoms with van der Waals surface area (Å²) in [5, 5.41) is -0.392. The Labute approximate surface area is 162 Å². The van der Waals surface area contributed by atoms with Crippen LogP contribution in [-0.4, -0.2) is 66.4 Å². The van der Waals surface area contributed by atoms with E-state index in [2.05, 4.69) is 0 Å². The van der Waals surface area contributed by atoms with Crippen molar-refractivity contribution in [1.82, 2.24) is 0 Å². The van der Waals surface area contributed by atoms with Crippen LogP contribution < -0.4 is 0 Å². The van der Waals surface area contributed by atoms with Crippen LogP contribution in [0.15, 0.2) is 0 Å². The molecule has 0 amide bonds. The van der Waals surface area contributed by atoms with Crippen LogP contribution in [0.4, 0.5) is 0 Å². The molecule has 148 valence electrons. The Morgan fingerprint density at radius 1 is 1.35 bits per heavy atom. The molecule has 0 saturated carbocycles. The van der Waals surface area contributed by atoms with E-state index in [1.807, 2.05) is 20.8 Å². The largest absolute Gasteiger partial charge is 0.463 e. The van der Waals surface area contributed by atoms with Crippen LogP contribution in [0.25, 0.3) is 0 Å². The molecule has 0 radical (unpaired) electrons. The standard InChI is InChI=1S/C16H24O7S3/c1-4-16(2,3)15(18)24-6-5-21-11(17)8-22-12-9-7-10-14(25-9)13(12)23-26(10,19)20/h9-10,12-14H,4-8H2,1-3H3. The molecule has 3 aliphatic rings. The summed E-state index contributed by atoms with van der Waals surface area (Å²) in [5.74, 6) is -0.109. The highest BCUT2D eigenvalue weighted by Gasteiger charge is 2.65.